The van der Waals surface area contributed by atoms with Gasteiger partial charge in [-0.1, -0.05) is 41.4 Å². The Morgan fingerprint density at radius 2 is 1.45 bits per heavy atom. The van der Waals surface area contributed by atoms with Crippen molar-refractivity contribution in [1.82, 2.24) is 0 Å². The Labute approximate surface area is 124 Å². The van der Waals surface area contributed by atoms with Gasteiger partial charge in [-0.25, -0.2) is 9.59 Å². The average molecular weight is 305 g/mol. The lowest BCUT2D eigenvalue weighted by atomic mass is 10.0. The lowest BCUT2D eigenvalue weighted by molar-refractivity contribution is 0.564. The molecule has 0 spiro atoms. The molecule has 0 radical (unpaired) electrons. The Morgan fingerprint density at radius 3 is 2.05 bits per heavy atom. The number of hydrogen-bond acceptors (Lipinski definition) is 4. The van der Waals surface area contributed by atoms with Crippen molar-refractivity contribution in [2.45, 2.75) is 0 Å². The van der Waals surface area contributed by atoms with Crippen LogP contribution in [-0.4, -0.2) is 12.2 Å². The molecule has 0 unspecified atom stereocenters. The normalized spacial score (nSPS) is 9.50. The average Bonchev–Trinajstić information content (AvgIpc) is 2.46. The van der Waals surface area contributed by atoms with E-state index in [1.54, 1.807) is 36.4 Å². The first-order valence-electron chi connectivity index (χ1n) is 5.41. The summed E-state index contributed by atoms with van der Waals surface area (Å²) in [5.74, 6) is 0. The van der Waals surface area contributed by atoms with Gasteiger partial charge < -0.3 is 0 Å². The van der Waals surface area contributed by atoms with E-state index in [0.29, 0.717) is 11.3 Å². The van der Waals surface area contributed by atoms with E-state index in [9.17, 15) is 9.59 Å². The van der Waals surface area contributed by atoms with Crippen molar-refractivity contribution in [2.75, 3.05) is 0 Å². The zero-order valence-corrected chi connectivity index (χ0v) is 11.4. The third kappa shape index (κ3) is 2.85. The number of aliphatic imine (C=N–C) groups is 2. The summed E-state index contributed by atoms with van der Waals surface area (Å²) < 4.78 is 0. The minimum Gasteiger partial charge on any atom is -0.211 e. The van der Waals surface area contributed by atoms with E-state index >= 15 is 0 Å². The summed E-state index contributed by atoms with van der Waals surface area (Å²) in [6.07, 6.45) is 2.88. The second-order valence-corrected chi connectivity index (χ2v) is 4.47. The second-order valence-electron chi connectivity index (χ2n) is 3.71. The first kappa shape index (κ1) is 14.2. The molecule has 2 aromatic carbocycles. The summed E-state index contributed by atoms with van der Waals surface area (Å²) in [6, 6.07) is 10.1. The maximum Gasteiger partial charge on any atom is 0.240 e. The maximum absolute atomic E-state index is 10.3. The predicted octanol–water partition coefficient (Wildman–Crippen LogP) is 4.60. The molecule has 0 atom stereocenters. The van der Waals surface area contributed by atoms with E-state index in [1.165, 1.54) is 12.2 Å². The van der Waals surface area contributed by atoms with Crippen LogP contribution < -0.4 is 0 Å². The van der Waals surface area contributed by atoms with Crippen molar-refractivity contribution in [3.8, 4) is 11.1 Å². The molecule has 0 bridgehead atoms. The molecular formula is C14H6Cl2N2O2. The summed E-state index contributed by atoms with van der Waals surface area (Å²) in [6.45, 7) is 0. The lowest BCUT2D eigenvalue weighted by Crippen LogP contribution is -1.81. The molecule has 0 fully saturated rings. The fraction of sp³-hybridized carbons (Fsp3) is 0. The van der Waals surface area contributed by atoms with Gasteiger partial charge in [-0.3, -0.25) is 0 Å². The number of benzene rings is 2. The van der Waals surface area contributed by atoms with Gasteiger partial charge in [0.15, 0.2) is 0 Å². The van der Waals surface area contributed by atoms with Gasteiger partial charge in [0.05, 0.1) is 21.4 Å². The number of nitrogens with zero attached hydrogens (tertiary/aromatic N) is 2. The van der Waals surface area contributed by atoms with Gasteiger partial charge in [0.1, 0.15) is 0 Å². The molecule has 2 rings (SSSR count). The van der Waals surface area contributed by atoms with Gasteiger partial charge in [-0.2, -0.15) is 9.98 Å². The second kappa shape index (κ2) is 6.29. The summed E-state index contributed by atoms with van der Waals surface area (Å²) in [5, 5.41) is 0.470. The van der Waals surface area contributed by atoms with Crippen molar-refractivity contribution in [1.29, 1.82) is 0 Å². The Kier molecular flexibility index (Phi) is 4.46. The minimum absolute atomic E-state index is 0.183. The van der Waals surface area contributed by atoms with Crippen LogP contribution in [0.4, 0.5) is 11.4 Å². The third-order valence-corrected chi connectivity index (χ3v) is 3.45. The largest absolute Gasteiger partial charge is 0.240 e. The monoisotopic (exact) mass is 304 g/mol. The molecule has 4 nitrogen and oxygen atoms in total. The van der Waals surface area contributed by atoms with Gasteiger partial charge in [-0.15, -0.1) is 0 Å². The van der Waals surface area contributed by atoms with Crippen molar-refractivity contribution in [3.05, 3.63) is 46.4 Å². The van der Waals surface area contributed by atoms with Crippen LogP contribution in [0.15, 0.2) is 46.4 Å². The number of rotatable bonds is 3. The highest BCUT2D eigenvalue weighted by Gasteiger charge is 2.11. The van der Waals surface area contributed by atoms with E-state index in [4.69, 9.17) is 23.2 Å². The molecule has 0 saturated carbocycles. The van der Waals surface area contributed by atoms with Crippen molar-refractivity contribution >= 4 is 46.7 Å². The highest BCUT2D eigenvalue weighted by molar-refractivity contribution is 6.45. The fourth-order valence-corrected chi connectivity index (χ4v) is 2.14. The summed E-state index contributed by atoms with van der Waals surface area (Å²) in [4.78, 5) is 27.4. The van der Waals surface area contributed by atoms with E-state index in [1.807, 2.05) is 0 Å². The van der Waals surface area contributed by atoms with E-state index < -0.39 is 0 Å². The molecule has 0 aliphatic rings. The molecule has 0 aromatic heterocycles. The maximum atomic E-state index is 10.3. The van der Waals surface area contributed by atoms with E-state index in [-0.39, 0.29) is 15.7 Å². The highest BCUT2D eigenvalue weighted by Crippen LogP contribution is 2.39. The predicted molar refractivity (Wildman–Crippen MR) is 77.5 cm³/mol. The molecule has 2 aromatic rings. The standard InChI is InChI=1S/C14H6Cl2N2O2/c15-13-11(5-6-12(14(13)16)18-8-20)9-1-3-10(4-2-9)17-7-19/h1-6H. The zero-order chi connectivity index (χ0) is 14.5. The van der Waals surface area contributed by atoms with Crippen molar-refractivity contribution in [3.63, 3.8) is 0 Å². The molecule has 6 heteroatoms. The Morgan fingerprint density at radius 1 is 0.800 bits per heavy atom. The SMILES string of the molecule is O=C=Nc1ccc(-c2ccc(N=C=O)c(Cl)c2Cl)cc1. The Balaban J connectivity index is 2.50. The van der Waals surface area contributed by atoms with E-state index in [0.717, 1.165) is 5.56 Å². The minimum atomic E-state index is 0.183. The third-order valence-electron chi connectivity index (χ3n) is 2.58. The van der Waals surface area contributed by atoms with Crippen LogP contribution in [0, 0.1) is 0 Å². The molecule has 0 amide bonds. The summed E-state index contributed by atoms with van der Waals surface area (Å²) in [5.41, 5.74) is 2.23. The first-order chi connectivity index (χ1) is 9.67. The smallest absolute Gasteiger partial charge is 0.211 e. The van der Waals surface area contributed by atoms with Crippen LogP contribution >= 0.6 is 23.2 Å². The van der Waals surface area contributed by atoms with Gasteiger partial charge in [0.25, 0.3) is 0 Å². The topological polar surface area (TPSA) is 58.9 Å². The van der Waals surface area contributed by atoms with Crippen LogP contribution in [-0.2, 0) is 9.59 Å². The van der Waals surface area contributed by atoms with Gasteiger partial charge in [-0.05, 0) is 23.8 Å². The number of isocyanates is 2. The van der Waals surface area contributed by atoms with Crippen LogP contribution in [0.5, 0.6) is 0 Å². The van der Waals surface area contributed by atoms with Gasteiger partial charge in [0, 0.05) is 5.56 Å². The van der Waals surface area contributed by atoms with Crippen LogP contribution in [0.25, 0.3) is 11.1 Å². The van der Waals surface area contributed by atoms with Crippen LogP contribution in [0.2, 0.25) is 10.0 Å². The quantitative estimate of drug-likeness (QED) is 0.615. The lowest BCUT2D eigenvalue weighted by Gasteiger charge is -2.07. The Bertz CT molecular complexity index is 745. The molecule has 20 heavy (non-hydrogen) atoms. The molecule has 0 aliphatic heterocycles. The van der Waals surface area contributed by atoms with Crippen molar-refractivity contribution in [2.24, 2.45) is 9.98 Å². The number of carbonyl (C=O) groups excluding carboxylic acids is 2. The zero-order valence-electron chi connectivity index (χ0n) is 9.93. The molecule has 0 N–H and O–H groups in total. The van der Waals surface area contributed by atoms with Crippen LogP contribution in [0.1, 0.15) is 0 Å². The molecule has 0 heterocycles. The van der Waals surface area contributed by atoms with Crippen molar-refractivity contribution < 1.29 is 9.59 Å². The number of hydrogen-bond donors (Lipinski definition) is 0. The molecule has 0 saturated heterocycles. The highest BCUT2D eigenvalue weighted by atomic mass is 35.5. The Hall–Kier alpha value is -2.22. The summed E-state index contributed by atoms with van der Waals surface area (Å²) in [7, 11) is 0. The molecular weight excluding hydrogens is 299 g/mol. The molecule has 0 aliphatic carbocycles. The number of halogens is 2. The molecule has 98 valence electrons. The van der Waals surface area contributed by atoms with Gasteiger partial charge >= 0.3 is 0 Å². The first-order valence-corrected chi connectivity index (χ1v) is 6.17. The fourth-order valence-electron chi connectivity index (χ4n) is 1.67. The summed E-state index contributed by atoms with van der Waals surface area (Å²) >= 11 is 12.2. The van der Waals surface area contributed by atoms with E-state index in [2.05, 4.69) is 9.98 Å². The van der Waals surface area contributed by atoms with Gasteiger partial charge in [0.2, 0.25) is 12.2 Å². The van der Waals surface area contributed by atoms with Crippen LogP contribution in [0.3, 0.4) is 0 Å².